The van der Waals surface area contributed by atoms with E-state index < -0.39 is 0 Å². The molecule has 0 saturated heterocycles. The standard InChI is InChI=1S/C13H10N4O/c18-10-5-3-9(4-6-10)17-13-11-2-1-7-14-12(11)15-8-16-13/h1-8,18H,(H,14,15,16,17). The highest BCUT2D eigenvalue weighted by atomic mass is 16.3. The van der Waals surface area contributed by atoms with E-state index in [1.807, 2.05) is 12.1 Å². The van der Waals surface area contributed by atoms with Crippen molar-refractivity contribution in [2.45, 2.75) is 0 Å². The normalized spacial score (nSPS) is 10.4. The van der Waals surface area contributed by atoms with E-state index in [0.717, 1.165) is 11.1 Å². The summed E-state index contributed by atoms with van der Waals surface area (Å²) in [6.07, 6.45) is 3.16. The Kier molecular flexibility index (Phi) is 2.49. The van der Waals surface area contributed by atoms with Gasteiger partial charge in [-0.1, -0.05) is 0 Å². The number of anilines is 2. The molecule has 0 aliphatic heterocycles. The molecule has 88 valence electrons. The number of benzene rings is 1. The Morgan fingerprint density at radius 1 is 0.944 bits per heavy atom. The second kappa shape index (κ2) is 4.29. The Morgan fingerprint density at radius 3 is 2.61 bits per heavy atom. The van der Waals surface area contributed by atoms with Crippen LogP contribution >= 0.6 is 0 Å². The maximum Gasteiger partial charge on any atom is 0.164 e. The lowest BCUT2D eigenvalue weighted by atomic mass is 10.2. The molecule has 2 N–H and O–H groups in total. The minimum Gasteiger partial charge on any atom is -0.508 e. The Hall–Kier alpha value is -2.69. The molecule has 3 aromatic rings. The summed E-state index contributed by atoms with van der Waals surface area (Å²) in [4.78, 5) is 12.5. The fourth-order valence-corrected chi connectivity index (χ4v) is 1.68. The summed E-state index contributed by atoms with van der Waals surface area (Å²) in [5, 5.41) is 13.3. The van der Waals surface area contributed by atoms with E-state index >= 15 is 0 Å². The quantitative estimate of drug-likeness (QED) is 0.671. The van der Waals surface area contributed by atoms with Gasteiger partial charge >= 0.3 is 0 Å². The third-order valence-electron chi connectivity index (χ3n) is 2.54. The van der Waals surface area contributed by atoms with Crippen molar-refractivity contribution in [2.24, 2.45) is 0 Å². The average Bonchev–Trinajstić information content (AvgIpc) is 2.42. The summed E-state index contributed by atoms with van der Waals surface area (Å²) in [6.45, 7) is 0. The summed E-state index contributed by atoms with van der Waals surface area (Å²) in [5.74, 6) is 0.925. The SMILES string of the molecule is Oc1ccc(Nc2ncnc3ncccc23)cc1. The van der Waals surface area contributed by atoms with Gasteiger partial charge < -0.3 is 10.4 Å². The van der Waals surface area contributed by atoms with Crippen LogP contribution in [0.3, 0.4) is 0 Å². The molecule has 0 fully saturated rings. The molecular weight excluding hydrogens is 228 g/mol. The second-order valence-electron chi connectivity index (χ2n) is 3.77. The number of pyridine rings is 1. The monoisotopic (exact) mass is 238 g/mol. The van der Waals surface area contributed by atoms with Crippen molar-refractivity contribution in [1.29, 1.82) is 0 Å². The predicted octanol–water partition coefficient (Wildman–Crippen LogP) is 2.47. The van der Waals surface area contributed by atoms with Crippen LogP contribution in [0.15, 0.2) is 48.9 Å². The van der Waals surface area contributed by atoms with Crippen LogP contribution < -0.4 is 5.32 Å². The molecule has 3 rings (SSSR count). The van der Waals surface area contributed by atoms with Gasteiger partial charge in [-0.25, -0.2) is 15.0 Å². The van der Waals surface area contributed by atoms with Crippen LogP contribution in [0.25, 0.3) is 11.0 Å². The van der Waals surface area contributed by atoms with E-state index in [1.54, 1.807) is 30.5 Å². The van der Waals surface area contributed by atoms with Gasteiger partial charge in [0.2, 0.25) is 0 Å². The zero-order valence-corrected chi connectivity index (χ0v) is 9.41. The van der Waals surface area contributed by atoms with Gasteiger partial charge in [0.15, 0.2) is 5.65 Å². The van der Waals surface area contributed by atoms with Gasteiger partial charge in [-0.05, 0) is 36.4 Å². The van der Waals surface area contributed by atoms with Crippen molar-refractivity contribution in [3.8, 4) is 5.75 Å². The average molecular weight is 238 g/mol. The van der Waals surface area contributed by atoms with E-state index in [9.17, 15) is 5.11 Å². The van der Waals surface area contributed by atoms with Gasteiger partial charge in [-0.15, -0.1) is 0 Å². The zero-order valence-electron chi connectivity index (χ0n) is 9.41. The molecule has 2 heterocycles. The number of nitrogens with zero attached hydrogens (tertiary/aromatic N) is 3. The van der Waals surface area contributed by atoms with Crippen LogP contribution in [0.1, 0.15) is 0 Å². The van der Waals surface area contributed by atoms with Crippen LogP contribution in [0.4, 0.5) is 11.5 Å². The molecule has 0 unspecified atom stereocenters. The summed E-state index contributed by atoms with van der Waals surface area (Å²) in [6, 6.07) is 10.5. The summed E-state index contributed by atoms with van der Waals surface area (Å²) in [7, 11) is 0. The lowest BCUT2D eigenvalue weighted by molar-refractivity contribution is 0.475. The number of hydrogen-bond donors (Lipinski definition) is 2. The maximum atomic E-state index is 9.23. The third kappa shape index (κ3) is 1.93. The maximum absolute atomic E-state index is 9.23. The molecule has 0 saturated carbocycles. The molecule has 0 amide bonds. The number of hydrogen-bond acceptors (Lipinski definition) is 5. The molecule has 0 aliphatic rings. The number of phenolic OH excluding ortho intramolecular Hbond substituents is 1. The number of nitrogens with one attached hydrogen (secondary N) is 1. The lowest BCUT2D eigenvalue weighted by Gasteiger charge is -2.07. The highest BCUT2D eigenvalue weighted by molar-refractivity contribution is 5.87. The number of aromatic hydroxyl groups is 1. The molecule has 0 bridgehead atoms. The minimum atomic E-state index is 0.231. The first-order valence-corrected chi connectivity index (χ1v) is 5.45. The number of aromatic nitrogens is 3. The van der Waals surface area contributed by atoms with Crippen LogP contribution in [-0.4, -0.2) is 20.1 Å². The van der Waals surface area contributed by atoms with Gasteiger partial charge in [-0.3, -0.25) is 0 Å². The summed E-state index contributed by atoms with van der Waals surface area (Å²) < 4.78 is 0. The van der Waals surface area contributed by atoms with E-state index in [-0.39, 0.29) is 5.75 Å². The fraction of sp³-hybridized carbons (Fsp3) is 0. The van der Waals surface area contributed by atoms with E-state index in [0.29, 0.717) is 11.5 Å². The highest BCUT2D eigenvalue weighted by Crippen LogP contribution is 2.22. The van der Waals surface area contributed by atoms with Crippen molar-refractivity contribution in [3.05, 3.63) is 48.9 Å². The number of rotatable bonds is 2. The molecule has 0 spiro atoms. The van der Waals surface area contributed by atoms with E-state index in [4.69, 9.17) is 0 Å². The molecule has 0 radical (unpaired) electrons. The van der Waals surface area contributed by atoms with Crippen LogP contribution in [-0.2, 0) is 0 Å². The Labute approximate surface area is 103 Å². The number of fused-ring (bicyclic) bond motifs is 1. The first-order chi connectivity index (χ1) is 8.83. The zero-order chi connectivity index (χ0) is 12.4. The van der Waals surface area contributed by atoms with Gasteiger partial charge in [-0.2, -0.15) is 0 Å². The van der Waals surface area contributed by atoms with Crippen molar-refractivity contribution >= 4 is 22.5 Å². The molecule has 2 aromatic heterocycles. The fourth-order valence-electron chi connectivity index (χ4n) is 1.68. The largest absolute Gasteiger partial charge is 0.508 e. The third-order valence-corrected chi connectivity index (χ3v) is 2.54. The lowest BCUT2D eigenvalue weighted by Crippen LogP contribution is -1.96. The molecular formula is C13H10N4O. The van der Waals surface area contributed by atoms with Gasteiger partial charge in [0.1, 0.15) is 17.9 Å². The second-order valence-corrected chi connectivity index (χ2v) is 3.77. The van der Waals surface area contributed by atoms with Crippen molar-refractivity contribution < 1.29 is 5.11 Å². The van der Waals surface area contributed by atoms with E-state index in [2.05, 4.69) is 20.3 Å². The summed E-state index contributed by atoms with van der Waals surface area (Å²) in [5.41, 5.74) is 1.49. The Bertz CT molecular complexity index is 677. The topological polar surface area (TPSA) is 70.9 Å². The molecule has 5 heteroatoms. The van der Waals surface area contributed by atoms with Crippen LogP contribution in [0.5, 0.6) is 5.75 Å². The first kappa shape index (κ1) is 10.5. The predicted molar refractivity (Wildman–Crippen MR) is 68.7 cm³/mol. The van der Waals surface area contributed by atoms with Crippen molar-refractivity contribution in [2.75, 3.05) is 5.32 Å². The molecule has 1 aromatic carbocycles. The molecule has 5 nitrogen and oxygen atoms in total. The van der Waals surface area contributed by atoms with Crippen LogP contribution in [0, 0.1) is 0 Å². The highest BCUT2D eigenvalue weighted by Gasteiger charge is 2.03. The smallest absolute Gasteiger partial charge is 0.164 e. The molecule has 18 heavy (non-hydrogen) atoms. The number of phenols is 1. The first-order valence-electron chi connectivity index (χ1n) is 5.45. The molecule has 0 aliphatic carbocycles. The van der Waals surface area contributed by atoms with E-state index in [1.165, 1.54) is 6.33 Å². The summed E-state index contributed by atoms with van der Waals surface area (Å²) >= 11 is 0. The van der Waals surface area contributed by atoms with Crippen LogP contribution in [0.2, 0.25) is 0 Å². The van der Waals surface area contributed by atoms with Crippen molar-refractivity contribution in [3.63, 3.8) is 0 Å². The van der Waals surface area contributed by atoms with Gasteiger partial charge in [0, 0.05) is 11.9 Å². The minimum absolute atomic E-state index is 0.231. The Morgan fingerprint density at radius 2 is 1.78 bits per heavy atom. The van der Waals surface area contributed by atoms with Crippen molar-refractivity contribution in [1.82, 2.24) is 15.0 Å². The Balaban J connectivity index is 2.02. The molecule has 0 atom stereocenters. The van der Waals surface area contributed by atoms with Gasteiger partial charge in [0.05, 0.1) is 5.39 Å². The van der Waals surface area contributed by atoms with Gasteiger partial charge in [0.25, 0.3) is 0 Å².